The van der Waals surface area contributed by atoms with E-state index in [-0.39, 0.29) is 11.0 Å². The van der Waals surface area contributed by atoms with Crippen LogP contribution in [0.2, 0.25) is 18.1 Å². The number of aldehydes is 1. The highest BCUT2D eigenvalue weighted by atomic mass is 28.3. The van der Waals surface area contributed by atoms with E-state index in [1.54, 1.807) is 0 Å². The highest BCUT2D eigenvalue weighted by Gasteiger charge is 2.32. The van der Waals surface area contributed by atoms with Crippen LogP contribution < -0.4 is 5.32 Å². The van der Waals surface area contributed by atoms with Crippen LogP contribution in [0.1, 0.15) is 27.7 Å². The van der Waals surface area contributed by atoms with Crippen LogP contribution in [0, 0.1) is 5.92 Å². The molecule has 1 amide bonds. The molecule has 0 aliphatic rings. The van der Waals surface area contributed by atoms with Crippen molar-refractivity contribution in [3.8, 4) is 0 Å². The minimum Gasteiger partial charge on any atom is -0.465 e. The molecule has 0 rings (SSSR count). The van der Waals surface area contributed by atoms with Gasteiger partial charge in [0.2, 0.25) is 0 Å². The van der Waals surface area contributed by atoms with Crippen LogP contribution in [0.5, 0.6) is 0 Å². The van der Waals surface area contributed by atoms with Gasteiger partial charge in [-0.15, -0.1) is 0 Å². The Morgan fingerprint density at radius 1 is 1.33 bits per heavy atom. The fourth-order valence-corrected chi connectivity index (χ4v) is 2.48. The lowest BCUT2D eigenvalue weighted by molar-refractivity contribution is -0.110. The Balaban J connectivity index is 4.77. The smallest absolute Gasteiger partial charge is 0.405 e. The number of rotatable bonds is 5. The topological polar surface area (TPSA) is 66.4 Å². The summed E-state index contributed by atoms with van der Waals surface area (Å²) in [5, 5.41) is 11.1. The van der Waals surface area contributed by atoms with Crippen molar-refractivity contribution in [1.29, 1.82) is 0 Å². The Morgan fingerprint density at radius 2 is 1.83 bits per heavy atom. The fourth-order valence-electron chi connectivity index (χ4n) is 1.19. The molecule has 4 nitrogen and oxygen atoms in total. The predicted octanol–water partition coefficient (Wildman–Crippen LogP) is 3.06. The quantitative estimate of drug-likeness (QED) is 0.596. The normalized spacial score (nSPS) is 16.3. The van der Waals surface area contributed by atoms with Gasteiger partial charge in [-0.25, -0.2) is 4.79 Å². The van der Waals surface area contributed by atoms with E-state index in [1.165, 1.54) is 0 Å². The SMILES string of the molecule is CC(C=C[Si](C)(C)C(C)(C)C)C(C=O)NC(=O)O. The lowest BCUT2D eigenvalue weighted by Gasteiger charge is -2.34. The van der Waals surface area contributed by atoms with Crippen molar-refractivity contribution in [3.63, 3.8) is 0 Å². The van der Waals surface area contributed by atoms with Crippen LogP contribution in [0.15, 0.2) is 11.8 Å². The molecule has 0 fully saturated rings. The van der Waals surface area contributed by atoms with Gasteiger partial charge in [0.25, 0.3) is 0 Å². The molecule has 0 heterocycles. The van der Waals surface area contributed by atoms with Crippen molar-refractivity contribution in [2.24, 2.45) is 5.92 Å². The number of carboxylic acid groups (broad SMARTS) is 1. The van der Waals surface area contributed by atoms with Crippen molar-refractivity contribution >= 4 is 20.5 Å². The number of hydrogen-bond donors (Lipinski definition) is 2. The summed E-state index contributed by atoms with van der Waals surface area (Å²) in [6, 6.07) is -0.677. The maximum Gasteiger partial charge on any atom is 0.405 e. The Kier molecular flexibility index (Phi) is 5.80. The number of hydrogen-bond acceptors (Lipinski definition) is 2. The monoisotopic (exact) mass is 271 g/mol. The van der Waals surface area contributed by atoms with Crippen LogP contribution >= 0.6 is 0 Å². The first-order chi connectivity index (χ1) is 8.01. The molecule has 0 aliphatic heterocycles. The molecule has 2 unspecified atom stereocenters. The number of carbonyl (C=O) groups is 2. The molecule has 0 aliphatic carbocycles. The maximum absolute atomic E-state index is 10.9. The van der Waals surface area contributed by atoms with Crippen molar-refractivity contribution in [2.45, 2.75) is 51.9 Å². The molecule has 0 aromatic heterocycles. The molecule has 0 saturated heterocycles. The Labute approximate surface area is 110 Å². The minimum atomic E-state index is -1.54. The van der Waals surface area contributed by atoms with Gasteiger partial charge in [0.15, 0.2) is 0 Å². The molecule has 0 aromatic rings. The second-order valence-electron chi connectivity index (χ2n) is 6.30. The van der Waals surface area contributed by atoms with Crippen LogP contribution in [-0.2, 0) is 4.79 Å². The zero-order valence-electron chi connectivity index (χ0n) is 12.2. The van der Waals surface area contributed by atoms with E-state index in [0.717, 1.165) is 0 Å². The van der Waals surface area contributed by atoms with Gasteiger partial charge in [0.1, 0.15) is 6.29 Å². The average molecular weight is 271 g/mol. The number of nitrogens with one attached hydrogen (secondary N) is 1. The molecular weight excluding hydrogens is 246 g/mol. The van der Waals surface area contributed by atoms with E-state index in [0.29, 0.717) is 6.29 Å². The molecule has 5 heteroatoms. The van der Waals surface area contributed by atoms with Crippen molar-refractivity contribution in [3.05, 3.63) is 11.8 Å². The number of carbonyl (C=O) groups excluding carboxylic acids is 1. The zero-order chi connectivity index (χ0) is 14.6. The summed E-state index contributed by atoms with van der Waals surface area (Å²) >= 11 is 0. The van der Waals surface area contributed by atoms with Crippen LogP contribution in [0.25, 0.3) is 0 Å². The molecule has 2 N–H and O–H groups in total. The Morgan fingerprint density at radius 3 is 2.17 bits per heavy atom. The average Bonchev–Trinajstić information content (AvgIpc) is 2.20. The molecular formula is C13H25NO3Si. The Bertz CT molecular complexity index is 332. The van der Waals surface area contributed by atoms with Gasteiger partial charge in [-0.1, -0.05) is 52.6 Å². The summed E-state index contributed by atoms with van der Waals surface area (Å²) in [6.07, 6.45) is 1.45. The van der Waals surface area contributed by atoms with Crippen LogP contribution in [0.3, 0.4) is 0 Å². The predicted molar refractivity (Wildman–Crippen MR) is 76.5 cm³/mol. The third-order valence-electron chi connectivity index (χ3n) is 3.75. The van der Waals surface area contributed by atoms with Gasteiger partial charge >= 0.3 is 6.09 Å². The first-order valence-corrected chi connectivity index (χ1v) is 9.23. The third kappa shape index (κ3) is 5.04. The van der Waals surface area contributed by atoms with E-state index in [1.807, 2.05) is 13.0 Å². The molecule has 18 heavy (non-hydrogen) atoms. The summed E-state index contributed by atoms with van der Waals surface area (Å²) in [5.74, 6) is -0.132. The summed E-state index contributed by atoms with van der Waals surface area (Å²) < 4.78 is 0. The van der Waals surface area contributed by atoms with Gasteiger partial charge in [-0.05, 0) is 5.04 Å². The maximum atomic E-state index is 10.9. The highest BCUT2D eigenvalue weighted by Crippen LogP contribution is 2.36. The van der Waals surface area contributed by atoms with Gasteiger partial charge in [-0.3, -0.25) is 0 Å². The molecule has 0 spiro atoms. The van der Waals surface area contributed by atoms with E-state index < -0.39 is 20.2 Å². The zero-order valence-corrected chi connectivity index (χ0v) is 13.2. The highest BCUT2D eigenvalue weighted by molar-refractivity contribution is 6.84. The number of amides is 1. The molecule has 2 atom stereocenters. The standard InChI is InChI=1S/C13H25NO3Si/c1-10(11(9-15)14-12(16)17)7-8-18(5,6)13(2,3)4/h7-11,14H,1-6H3,(H,16,17). The Hall–Kier alpha value is -1.10. The van der Waals surface area contributed by atoms with Crippen LogP contribution in [-0.4, -0.2) is 31.6 Å². The van der Waals surface area contributed by atoms with E-state index in [4.69, 9.17) is 5.11 Å². The van der Waals surface area contributed by atoms with Crippen LogP contribution in [0.4, 0.5) is 4.79 Å². The molecule has 0 radical (unpaired) electrons. The lowest BCUT2D eigenvalue weighted by Crippen LogP contribution is -2.40. The summed E-state index contributed by atoms with van der Waals surface area (Å²) in [5.41, 5.74) is 2.19. The van der Waals surface area contributed by atoms with Gasteiger partial charge < -0.3 is 15.2 Å². The van der Waals surface area contributed by atoms with E-state index >= 15 is 0 Å². The van der Waals surface area contributed by atoms with Gasteiger partial charge in [0, 0.05) is 5.92 Å². The molecule has 0 saturated carbocycles. The first kappa shape index (κ1) is 16.9. The largest absolute Gasteiger partial charge is 0.465 e. The molecule has 0 aromatic carbocycles. The summed E-state index contributed by atoms with van der Waals surface area (Å²) in [4.78, 5) is 21.4. The van der Waals surface area contributed by atoms with Crippen molar-refractivity contribution in [2.75, 3.05) is 0 Å². The van der Waals surface area contributed by atoms with E-state index in [9.17, 15) is 9.59 Å². The second-order valence-corrected chi connectivity index (χ2v) is 11.6. The van der Waals surface area contributed by atoms with Gasteiger partial charge in [0.05, 0.1) is 14.1 Å². The van der Waals surface area contributed by atoms with E-state index in [2.05, 4.69) is 44.9 Å². The minimum absolute atomic E-state index is 0.132. The van der Waals surface area contributed by atoms with Crippen molar-refractivity contribution < 1.29 is 14.7 Å². The molecule has 104 valence electrons. The second kappa shape index (κ2) is 6.18. The van der Waals surface area contributed by atoms with Crippen molar-refractivity contribution in [1.82, 2.24) is 5.32 Å². The van der Waals surface area contributed by atoms with Gasteiger partial charge in [-0.2, -0.15) is 0 Å². The summed E-state index contributed by atoms with van der Waals surface area (Å²) in [6.45, 7) is 13.0. The third-order valence-corrected chi connectivity index (χ3v) is 8.64. The fraction of sp³-hybridized carbons (Fsp3) is 0.692. The molecule has 0 bridgehead atoms. The lowest BCUT2D eigenvalue weighted by atomic mass is 10.0. The first-order valence-electron chi connectivity index (χ1n) is 6.15. The summed E-state index contributed by atoms with van der Waals surface area (Å²) in [7, 11) is -1.54.